The molecule has 1 aliphatic heterocycles. The maximum absolute atomic E-state index is 12.6. The van der Waals surface area contributed by atoms with Crippen molar-refractivity contribution in [3.8, 4) is 0 Å². The topological polar surface area (TPSA) is 83.1 Å². The van der Waals surface area contributed by atoms with E-state index in [0.717, 1.165) is 11.1 Å². The van der Waals surface area contributed by atoms with Gasteiger partial charge in [-0.15, -0.1) is 0 Å². The van der Waals surface area contributed by atoms with Crippen molar-refractivity contribution < 1.29 is 28.5 Å². The van der Waals surface area contributed by atoms with Crippen LogP contribution < -0.4 is 5.32 Å². The highest BCUT2D eigenvalue weighted by atomic mass is 16.7. The van der Waals surface area contributed by atoms with Crippen LogP contribution in [0.1, 0.15) is 30.9 Å². The van der Waals surface area contributed by atoms with Gasteiger partial charge in [-0.2, -0.15) is 0 Å². The van der Waals surface area contributed by atoms with Crippen molar-refractivity contribution in [2.45, 2.75) is 32.5 Å². The number of carbonyl (C=O) groups is 2. The van der Waals surface area contributed by atoms with Crippen LogP contribution in [0.4, 0.5) is 0 Å². The molecule has 0 spiro atoms. The summed E-state index contributed by atoms with van der Waals surface area (Å²) in [5, 5.41) is 3.10. The van der Waals surface area contributed by atoms with Crippen molar-refractivity contribution in [1.29, 1.82) is 0 Å². The lowest BCUT2D eigenvalue weighted by Crippen LogP contribution is -2.32. The molecule has 0 aliphatic carbocycles. The van der Waals surface area contributed by atoms with E-state index in [9.17, 15) is 9.59 Å². The van der Waals surface area contributed by atoms with E-state index in [2.05, 4.69) is 5.32 Å². The van der Waals surface area contributed by atoms with E-state index in [-0.39, 0.29) is 0 Å². The number of hydrogen-bond donors (Lipinski definition) is 1. The highest BCUT2D eigenvalue weighted by Crippen LogP contribution is 2.40. The van der Waals surface area contributed by atoms with Gasteiger partial charge in [0.25, 0.3) is 0 Å². The number of hydrogen-bond acceptors (Lipinski definition) is 7. The summed E-state index contributed by atoms with van der Waals surface area (Å²) >= 11 is 0. The number of allylic oxidation sites excluding steroid dienone is 2. The first-order valence-electron chi connectivity index (χ1n) is 8.88. The molecule has 7 heteroatoms. The normalized spacial score (nSPS) is 15.0. The summed E-state index contributed by atoms with van der Waals surface area (Å²) in [6.07, 6.45) is -0.00477. The second-order valence-electron chi connectivity index (χ2n) is 6.42. The summed E-state index contributed by atoms with van der Waals surface area (Å²) in [5.41, 5.74) is 3.69. The first-order chi connectivity index (χ1) is 13.4. The smallest absolute Gasteiger partial charge is 0.336 e. The van der Waals surface area contributed by atoms with E-state index in [1.165, 1.54) is 14.2 Å². The molecule has 2 rings (SSSR count). The van der Waals surface area contributed by atoms with Gasteiger partial charge < -0.3 is 24.3 Å². The number of benzene rings is 1. The van der Waals surface area contributed by atoms with Crippen molar-refractivity contribution >= 4 is 11.9 Å². The minimum atomic E-state index is -0.633. The molecule has 0 aromatic heterocycles. The molecule has 1 aliphatic rings. The Morgan fingerprint density at radius 3 is 1.89 bits per heavy atom. The summed E-state index contributed by atoms with van der Waals surface area (Å²) < 4.78 is 20.7. The number of rotatable bonds is 7. The van der Waals surface area contributed by atoms with Gasteiger partial charge in [-0.25, -0.2) is 9.59 Å². The predicted molar refractivity (Wildman–Crippen MR) is 103 cm³/mol. The Labute approximate surface area is 165 Å². The van der Waals surface area contributed by atoms with Crippen LogP contribution >= 0.6 is 0 Å². The van der Waals surface area contributed by atoms with E-state index in [1.54, 1.807) is 28.1 Å². The summed E-state index contributed by atoms with van der Waals surface area (Å²) in [7, 11) is 5.77. The molecule has 1 heterocycles. The molecule has 1 aromatic carbocycles. The molecule has 0 radical (unpaired) electrons. The molecule has 0 amide bonds. The molecular formula is C21H27NO6. The van der Waals surface area contributed by atoms with Crippen molar-refractivity contribution in [3.05, 3.63) is 57.9 Å². The zero-order valence-electron chi connectivity index (χ0n) is 17.1. The maximum atomic E-state index is 12.6. The van der Waals surface area contributed by atoms with Gasteiger partial charge >= 0.3 is 11.9 Å². The summed E-state index contributed by atoms with van der Waals surface area (Å²) in [4.78, 5) is 25.3. The van der Waals surface area contributed by atoms with Crippen LogP contribution in [0.3, 0.4) is 0 Å². The van der Waals surface area contributed by atoms with Crippen LogP contribution in [0.5, 0.6) is 0 Å². The number of nitrogens with one attached hydrogen (secondary N) is 1. The fraction of sp³-hybridized carbons (Fsp3) is 0.429. The third-order valence-electron chi connectivity index (χ3n) is 4.85. The molecule has 0 saturated heterocycles. The Morgan fingerprint density at radius 2 is 1.43 bits per heavy atom. The highest BCUT2D eigenvalue weighted by molar-refractivity contribution is 5.99. The zero-order chi connectivity index (χ0) is 20.8. The third kappa shape index (κ3) is 4.26. The Morgan fingerprint density at radius 1 is 0.929 bits per heavy atom. The molecule has 28 heavy (non-hydrogen) atoms. The van der Waals surface area contributed by atoms with Crippen molar-refractivity contribution in [2.24, 2.45) is 0 Å². The summed E-state index contributed by atoms with van der Waals surface area (Å²) in [6.45, 7) is 3.57. The van der Waals surface area contributed by atoms with Gasteiger partial charge in [-0.3, -0.25) is 0 Å². The van der Waals surface area contributed by atoms with Gasteiger partial charge in [0.15, 0.2) is 6.29 Å². The van der Waals surface area contributed by atoms with E-state index in [0.29, 0.717) is 29.0 Å². The van der Waals surface area contributed by atoms with Crippen molar-refractivity contribution in [1.82, 2.24) is 5.32 Å². The molecule has 0 unspecified atom stereocenters. The third-order valence-corrected chi connectivity index (χ3v) is 4.85. The Hall–Kier alpha value is -2.64. The summed E-state index contributed by atoms with van der Waals surface area (Å²) in [5.74, 6) is -1.64. The molecule has 152 valence electrons. The minimum absolute atomic E-state index is 0.368. The van der Waals surface area contributed by atoms with Crippen LogP contribution in [0.25, 0.3) is 0 Å². The highest BCUT2D eigenvalue weighted by Gasteiger charge is 2.38. The number of ether oxygens (including phenoxy) is 4. The van der Waals surface area contributed by atoms with Crippen LogP contribution in [0, 0.1) is 0 Å². The molecule has 0 fully saturated rings. The lowest BCUT2D eigenvalue weighted by atomic mass is 9.78. The maximum Gasteiger partial charge on any atom is 0.336 e. The number of esters is 2. The average molecular weight is 389 g/mol. The quantitative estimate of drug-likeness (QED) is 0.566. The number of methoxy groups -OCH3 is 4. The first kappa shape index (κ1) is 21.7. The summed E-state index contributed by atoms with van der Waals surface area (Å²) in [6, 6.07) is 7.58. The van der Waals surface area contributed by atoms with Gasteiger partial charge in [0.05, 0.1) is 31.3 Å². The predicted octanol–water partition coefficient (Wildman–Crippen LogP) is 2.43. The van der Waals surface area contributed by atoms with Gasteiger partial charge in [-0.1, -0.05) is 24.3 Å². The number of dihydropyridines is 1. The second-order valence-corrected chi connectivity index (χ2v) is 6.42. The molecule has 0 atom stereocenters. The van der Waals surface area contributed by atoms with Gasteiger partial charge in [-0.05, 0) is 25.0 Å². The standard InChI is InChI=1S/C21H27NO6/c1-12-17(20(23)27-5)19(18(13(2)22-12)21(24)28-6)15-10-8-7-9-14(15)11-16(25-3)26-4/h7-10,16,19,22H,11H2,1-6H3. The molecule has 7 nitrogen and oxygen atoms in total. The second kappa shape index (κ2) is 9.52. The molecular weight excluding hydrogens is 362 g/mol. The average Bonchev–Trinajstić information content (AvgIpc) is 2.70. The van der Waals surface area contributed by atoms with Crippen molar-refractivity contribution in [2.75, 3.05) is 28.4 Å². The minimum Gasteiger partial charge on any atom is -0.466 e. The van der Waals surface area contributed by atoms with Crippen LogP contribution in [-0.4, -0.2) is 46.7 Å². The Kier molecular flexibility index (Phi) is 7.37. The van der Waals surface area contributed by atoms with Gasteiger partial charge in [0.2, 0.25) is 0 Å². The lowest BCUT2D eigenvalue weighted by Gasteiger charge is -2.31. The van der Waals surface area contributed by atoms with Crippen LogP contribution in [0.2, 0.25) is 0 Å². The molecule has 1 N–H and O–H groups in total. The fourth-order valence-electron chi connectivity index (χ4n) is 3.51. The van der Waals surface area contributed by atoms with E-state index >= 15 is 0 Å². The van der Waals surface area contributed by atoms with Crippen LogP contribution in [0.15, 0.2) is 46.8 Å². The van der Waals surface area contributed by atoms with Gasteiger partial charge in [0.1, 0.15) is 0 Å². The van der Waals surface area contributed by atoms with Crippen LogP contribution in [-0.2, 0) is 35.0 Å². The largest absolute Gasteiger partial charge is 0.466 e. The SMILES string of the molecule is COC(=O)C1=C(C)NC(C)=C(C(=O)OC)C1c1ccccc1CC(OC)OC. The lowest BCUT2D eigenvalue weighted by molar-refractivity contribution is -0.137. The Balaban J connectivity index is 2.70. The number of carbonyl (C=O) groups excluding carboxylic acids is 2. The first-order valence-corrected chi connectivity index (χ1v) is 8.88. The van der Waals surface area contributed by atoms with E-state index in [4.69, 9.17) is 18.9 Å². The van der Waals surface area contributed by atoms with Crippen molar-refractivity contribution in [3.63, 3.8) is 0 Å². The zero-order valence-corrected chi connectivity index (χ0v) is 17.1. The Bertz CT molecular complexity index is 769. The fourth-order valence-corrected chi connectivity index (χ4v) is 3.51. The molecule has 0 bridgehead atoms. The molecule has 1 aromatic rings. The monoisotopic (exact) mass is 389 g/mol. The van der Waals surface area contributed by atoms with Gasteiger partial charge in [0, 0.05) is 32.0 Å². The van der Waals surface area contributed by atoms with E-state index < -0.39 is 24.1 Å². The molecule has 0 saturated carbocycles. The van der Waals surface area contributed by atoms with E-state index in [1.807, 2.05) is 24.3 Å².